The second kappa shape index (κ2) is 9.21. The van der Waals surface area contributed by atoms with Crippen molar-refractivity contribution in [2.45, 2.75) is 13.8 Å². The first-order valence-electron chi connectivity index (χ1n) is 12.6. The topological polar surface area (TPSA) is 47.9 Å². The lowest BCUT2D eigenvalue weighted by Gasteiger charge is -2.28. The molecule has 6 rings (SSSR count). The highest BCUT2D eigenvalue weighted by atomic mass is 15.4. The molecule has 6 nitrogen and oxygen atoms in total. The first-order valence-corrected chi connectivity index (χ1v) is 12.6. The zero-order chi connectivity index (χ0) is 25.5. The van der Waals surface area contributed by atoms with Gasteiger partial charge in [-0.2, -0.15) is 0 Å². The number of rotatable bonds is 4. The van der Waals surface area contributed by atoms with Gasteiger partial charge in [-0.05, 0) is 50.2 Å². The van der Waals surface area contributed by atoms with E-state index >= 15 is 0 Å². The maximum absolute atomic E-state index is 5.17. The highest BCUT2D eigenvalue weighted by molar-refractivity contribution is 6.04. The summed E-state index contributed by atoms with van der Waals surface area (Å²) in [5, 5.41) is 2.19. The van der Waals surface area contributed by atoms with E-state index in [9.17, 15) is 0 Å². The smallest absolute Gasteiger partial charge is 0.201 e. The Morgan fingerprint density at radius 3 is 1.70 bits per heavy atom. The van der Waals surface area contributed by atoms with Crippen molar-refractivity contribution in [1.82, 2.24) is 19.8 Å². The van der Waals surface area contributed by atoms with E-state index in [0.717, 1.165) is 75.0 Å². The van der Waals surface area contributed by atoms with Crippen LogP contribution in [-0.2, 0) is 0 Å². The Hall–Kier alpha value is -4.45. The zero-order valence-corrected chi connectivity index (χ0v) is 21.7. The van der Waals surface area contributed by atoms with Crippen LogP contribution in [0.25, 0.3) is 21.8 Å². The molecule has 5 aromatic rings. The van der Waals surface area contributed by atoms with Gasteiger partial charge in [-0.25, -0.2) is 4.99 Å². The Kier molecular flexibility index (Phi) is 5.72. The lowest BCUT2D eigenvalue weighted by Crippen LogP contribution is -2.28. The quantitative estimate of drug-likeness (QED) is 0.282. The van der Waals surface area contributed by atoms with E-state index in [2.05, 4.69) is 108 Å². The molecule has 0 aliphatic carbocycles. The Labute approximate surface area is 217 Å². The summed E-state index contributed by atoms with van der Waals surface area (Å²) in [6.45, 7) is 5.99. The van der Waals surface area contributed by atoms with E-state index in [1.54, 1.807) is 0 Å². The number of anilines is 3. The molecule has 0 saturated carbocycles. The Balaban J connectivity index is 1.67. The van der Waals surface area contributed by atoms with Crippen molar-refractivity contribution in [1.29, 1.82) is 0 Å². The highest BCUT2D eigenvalue weighted by Crippen LogP contribution is 2.44. The molecule has 0 unspecified atom stereocenters. The summed E-state index contributed by atoms with van der Waals surface area (Å²) in [6.07, 6.45) is 0. The van der Waals surface area contributed by atoms with Crippen LogP contribution in [0.3, 0.4) is 0 Å². The normalized spacial score (nSPS) is 13.6. The number of nitrogens with zero attached hydrogens (tertiary/aromatic N) is 6. The Morgan fingerprint density at radius 1 is 0.622 bits per heavy atom. The molecule has 3 aromatic carbocycles. The van der Waals surface area contributed by atoms with Gasteiger partial charge in [-0.3, -0.25) is 9.97 Å². The van der Waals surface area contributed by atoms with Gasteiger partial charge in [0.2, 0.25) is 5.96 Å². The van der Waals surface area contributed by atoms with Gasteiger partial charge in [0.25, 0.3) is 0 Å². The zero-order valence-electron chi connectivity index (χ0n) is 21.7. The maximum atomic E-state index is 5.17. The van der Waals surface area contributed by atoms with Crippen molar-refractivity contribution >= 4 is 50.5 Å². The number of aryl methyl sites for hydroxylation is 2. The van der Waals surface area contributed by atoms with Crippen LogP contribution in [0.5, 0.6) is 0 Å². The minimum atomic E-state index is 0.896. The van der Waals surface area contributed by atoms with Gasteiger partial charge in [-0.1, -0.05) is 48.5 Å². The molecule has 1 saturated heterocycles. The third-order valence-electron chi connectivity index (χ3n) is 6.95. The van der Waals surface area contributed by atoms with Crippen molar-refractivity contribution in [2.75, 3.05) is 32.1 Å². The fraction of sp³-hybridized carbons (Fsp3) is 0.194. The standard InChI is InChI=1S/C31H30N6/c1-21-15-17-23-9-7-13-27(29(23)32-21)37(28-14-8-10-24-18-16-22(2)33-30(24)28)26-12-6-5-11-25(26)34-31-35(3)19-20-36(31)4/h5-18H,19-20H2,1-4H3. The molecule has 0 spiro atoms. The summed E-state index contributed by atoms with van der Waals surface area (Å²) in [7, 11) is 4.19. The first-order chi connectivity index (χ1) is 18.0. The lowest BCUT2D eigenvalue weighted by atomic mass is 10.1. The van der Waals surface area contributed by atoms with Gasteiger partial charge in [0.1, 0.15) is 0 Å². The van der Waals surface area contributed by atoms with Crippen LogP contribution in [0.4, 0.5) is 22.7 Å². The van der Waals surface area contributed by atoms with Gasteiger partial charge < -0.3 is 14.7 Å². The number of pyridine rings is 2. The molecule has 0 radical (unpaired) electrons. The average Bonchev–Trinajstić information content (AvgIpc) is 3.22. The van der Waals surface area contributed by atoms with Crippen LogP contribution in [0, 0.1) is 13.8 Å². The number of likely N-dealkylation sites (N-methyl/N-ethyl adjacent to an activating group) is 2. The number of benzene rings is 3. The molecule has 1 aliphatic heterocycles. The molecule has 6 heteroatoms. The minimum absolute atomic E-state index is 0.896. The first kappa shape index (κ1) is 23.0. The number of hydrogen-bond donors (Lipinski definition) is 0. The van der Waals surface area contributed by atoms with Crippen molar-refractivity contribution in [2.24, 2.45) is 4.99 Å². The molecular weight excluding hydrogens is 456 g/mol. The molecule has 37 heavy (non-hydrogen) atoms. The van der Waals surface area contributed by atoms with Gasteiger partial charge >= 0.3 is 0 Å². The van der Waals surface area contributed by atoms with Gasteiger partial charge in [-0.15, -0.1) is 0 Å². The number of fused-ring (bicyclic) bond motifs is 2. The van der Waals surface area contributed by atoms with Crippen molar-refractivity contribution in [3.8, 4) is 0 Å². The third kappa shape index (κ3) is 4.14. The molecule has 0 N–H and O–H groups in total. The maximum Gasteiger partial charge on any atom is 0.201 e. The van der Waals surface area contributed by atoms with Crippen LogP contribution in [0.1, 0.15) is 11.4 Å². The van der Waals surface area contributed by atoms with Crippen molar-refractivity contribution in [3.63, 3.8) is 0 Å². The fourth-order valence-corrected chi connectivity index (χ4v) is 5.03. The molecule has 0 atom stereocenters. The van der Waals surface area contributed by atoms with Crippen molar-refractivity contribution in [3.05, 3.63) is 96.3 Å². The summed E-state index contributed by atoms with van der Waals surface area (Å²) in [5.74, 6) is 0.964. The number of guanidine groups is 1. The summed E-state index contributed by atoms with van der Waals surface area (Å²) in [6, 6.07) is 29.4. The molecule has 184 valence electrons. The molecule has 1 fully saturated rings. The van der Waals surface area contributed by atoms with Gasteiger partial charge in [0.05, 0.1) is 33.8 Å². The second-order valence-electron chi connectivity index (χ2n) is 9.68. The Bertz CT molecular complexity index is 1560. The van der Waals surface area contributed by atoms with Crippen LogP contribution in [0.2, 0.25) is 0 Å². The molecule has 0 amide bonds. The van der Waals surface area contributed by atoms with Crippen LogP contribution < -0.4 is 4.90 Å². The fourth-order valence-electron chi connectivity index (χ4n) is 5.03. The van der Waals surface area contributed by atoms with E-state index in [1.165, 1.54) is 0 Å². The predicted molar refractivity (Wildman–Crippen MR) is 154 cm³/mol. The number of para-hydroxylation sites is 4. The SMILES string of the molecule is Cc1ccc2cccc(N(c3ccccc3N=C3N(C)CCN3C)c3cccc4ccc(C)nc34)c2n1. The molecule has 3 heterocycles. The number of hydrogen-bond acceptors (Lipinski definition) is 4. The summed E-state index contributed by atoms with van der Waals surface area (Å²) >= 11 is 0. The predicted octanol–water partition coefficient (Wildman–Crippen LogP) is 6.73. The summed E-state index contributed by atoms with van der Waals surface area (Å²) in [5.41, 5.74) is 7.73. The largest absolute Gasteiger partial charge is 0.344 e. The van der Waals surface area contributed by atoms with E-state index in [0.29, 0.717) is 0 Å². The van der Waals surface area contributed by atoms with Crippen molar-refractivity contribution < 1.29 is 0 Å². The average molecular weight is 487 g/mol. The minimum Gasteiger partial charge on any atom is -0.344 e. The highest BCUT2D eigenvalue weighted by Gasteiger charge is 2.24. The second-order valence-corrected chi connectivity index (χ2v) is 9.68. The monoisotopic (exact) mass is 486 g/mol. The van der Waals surface area contributed by atoms with E-state index in [-0.39, 0.29) is 0 Å². The molecule has 2 aromatic heterocycles. The van der Waals surface area contributed by atoms with E-state index in [1.807, 2.05) is 19.9 Å². The molecule has 0 bridgehead atoms. The van der Waals surface area contributed by atoms with Gasteiger partial charge in [0.15, 0.2) is 0 Å². The number of aliphatic imine (C=N–C) groups is 1. The Morgan fingerprint density at radius 2 is 1.14 bits per heavy atom. The van der Waals surface area contributed by atoms with Crippen LogP contribution in [0.15, 0.2) is 89.9 Å². The summed E-state index contributed by atoms with van der Waals surface area (Å²) in [4.78, 5) is 21.8. The van der Waals surface area contributed by atoms with Gasteiger partial charge in [0, 0.05) is 49.3 Å². The van der Waals surface area contributed by atoms with E-state index < -0.39 is 0 Å². The number of aromatic nitrogens is 2. The molecule has 1 aliphatic rings. The van der Waals surface area contributed by atoms with Crippen LogP contribution >= 0.6 is 0 Å². The van der Waals surface area contributed by atoms with E-state index in [4.69, 9.17) is 15.0 Å². The lowest BCUT2D eigenvalue weighted by molar-refractivity contribution is 0.553. The van der Waals surface area contributed by atoms with Crippen LogP contribution in [-0.4, -0.2) is 52.9 Å². The third-order valence-corrected chi connectivity index (χ3v) is 6.95. The molecular formula is C31H30N6. The summed E-state index contributed by atoms with van der Waals surface area (Å²) < 4.78 is 0.